The van der Waals surface area contributed by atoms with E-state index in [1.807, 2.05) is 26.0 Å². The molecule has 82 valence electrons. The first-order valence-electron chi connectivity index (χ1n) is 4.63. The summed E-state index contributed by atoms with van der Waals surface area (Å²) in [6.45, 7) is 5.23. The predicted molar refractivity (Wildman–Crippen MR) is 66.2 cm³/mol. The molecule has 0 heterocycles. The van der Waals surface area contributed by atoms with Crippen LogP contribution < -0.4 is 9.47 Å². The van der Waals surface area contributed by atoms with Crippen molar-refractivity contribution in [3.63, 3.8) is 0 Å². The van der Waals surface area contributed by atoms with Crippen LogP contribution in [0.25, 0.3) is 0 Å². The van der Waals surface area contributed by atoms with Gasteiger partial charge in [-0.25, -0.2) is 0 Å². The Morgan fingerprint density at radius 1 is 1.33 bits per heavy atom. The van der Waals surface area contributed by atoms with Crippen LogP contribution >= 0.6 is 22.6 Å². The molecule has 0 saturated heterocycles. The molecule has 0 aliphatic carbocycles. The maximum atomic E-state index is 10.9. The van der Waals surface area contributed by atoms with Gasteiger partial charge in [-0.1, -0.05) is 0 Å². The van der Waals surface area contributed by atoms with Crippen molar-refractivity contribution in [2.75, 3.05) is 0 Å². The van der Waals surface area contributed by atoms with Crippen molar-refractivity contribution in [3.05, 3.63) is 21.8 Å². The number of benzene rings is 1. The second-order valence-corrected chi connectivity index (χ2v) is 4.60. The Morgan fingerprint density at radius 3 is 2.53 bits per heavy atom. The van der Waals surface area contributed by atoms with Crippen LogP contribution in [-0.2, 0) is 4.79 Å². The Balaban J connectivity index is 2.97. The number of ether oxygens (including phenoxy) is 2. The van der Waals surface area contributed by atoms with Gasteiger partial charge in [-0.3, -0.25) is 4.79 Å². The van der Waals surface area contributed by atoms with Gasteiger partial charge in [0.2, 0.25) is 0 Å². The van der Waals surface area contributed by atoms with Crippen LogP contribution in [0, 0.1) is 3.57 Å². The van der Waals surface area contributed by atoms with E-state index < -0.39 is 0 Å². The Morgan fingerprint density at radius 2 is 2.00 bits per heavy atom. The van der Waals surface area contributed by atoms with Crippen molar-refractivity contribution in [3.8, 4) is 11.5 Å². The van der Waals surface area contributed by atoms with Gasteiger partial charge in [0.05, 0.1) is 6.10 Å². The van der Waals surface area contributed by atoms with E-state index in [-0.39, 0.29) is 12.1 Å². The fourth-order valence-corrected chi connectivity index (χ4v) is 1.53. The van der Waals surface area contributed by atoms with Gasteiger partial charge < -0.3 is 9.47 Å². The average Bonchev–Trinajstić information content (AvgIpc) is 2.08. The van der Waals surface area contributed by atoms with Crippen LogP contribution in [-0.4, -0.2) is 12.1 Å². The van der Waals surface area contributed by atoms with E-state index in [1.165, 1.54) is 6.92 Å². The van der Waals surface area contributed by atoms with Gasteiger partial charge in [0.15, 0.2) is 11.5 Å². The molecule has 0 aliphatic heterocycles. The Labute approximate surface area is 103 Å². The first-order valence-corrected chi connectivity index (χ1v) is 5.71. The molecule has 0 aliphatic rings. The molecule has 0 aromatic heterocycles. The zero-order valence-electron chi connectivity index (χ0n) is 8.91. The smallest absolute Gasteiger partial charge is 0.308 e. The van der Waals surface area contributed by atoms with Gasteiger partial charge >= 0.3 is 5.97 Å². The summed E-state index contributed by atoms with van der Waals surface area (Å²) >= 11 is 2.18. The quantitative estimate of drug-likeness (QED) is 0.488. The molecule has 1 aromatic carbocycles. The highest BCUT2D eigenvalue weighted by atomic mass is 127. The number of esters is 1. The average molecular weight is 320 g/mol. The van der Waals surface area contributed by atoms with Crippen LogP contribution in [0.3, 0.4) is 0 Å². The number of hydrogen-bond donors (Lipinski definition) is 0. The molecule has 0 atom stereocenters. The third-order valence-electron chi connectivity index (χ3n) is 1.52. The van der Waals surface area contributed by atoms with Crippen molar-refractivity contribution in [2.24, 2.45) is 0 Å². The van der Waals surface area contributed by atoms with Gasteiger partial charge in [0, 0.05) is 10.5 Å². The number of hydrogen-bond acceptors (Lipinski definition) is 3. The van der Waals surface area contributed by atoms with E-state index in [9.17, 15) is 4.79 Å². The lowest BCUT2D eigenvalue weighted by Gasteiger charge is -2.13. The zero-order chi connectivity index (χ0) is 11.4. The maximum Gasteiger partial charge on any atom is 0.308 e. The van der Waals surface area contributed by atoms with Gasteiger partial charge in [0.1, 0.15) is 0 Å². The minimum atomic E-state index is -0.343. The van der Waals surface area contributed by atoms with Crippen molar-refractivity contribution in [1.82, 2.24) is 0 Å². The monoisotopic (exact) mass is 320 g/mol. The molecule has 0 saturated carbocycles. The lowest BCUT2D eigenvalue weighted by atomic mass is 10.3. The van der Waals surface area contributed by atoms with E-state index in [0.29, 0.717) is 11.5 Å². The molecule has 1 aromatic rings. The molecule has 0 spiro atoms. The predicted octanol–water partition coefficient (Wildman–Crippen LogP) is 3.00. The summed E-state index contributed by atoms with van der Waals surface area (Å²) in [6.07, 6.45) is 0.0532. The lowest BCUT2D eigenvalue weighted by molar-refractivity contribution is -0.132. The van der Waals surface area contributed by atoms with Crippen LogP contribution in [0.5, 0.6) is 11.5 Å². The third kappa shape index (κ3) is 4.07. The minimum absolute atomic E-state index is 0.0532. The minimum Gasteiger partial charge on any atom is -0.487 e. The molecule has 0 N–H and O–H groups in total. The first kappa shape index (κ1) is 12.3. The molecule has 3 nitrogen and oxygen atoms in total. The summed E-state index contributed by atoms with van der Waals surface area (Å²) < 4.78 is 11.6. The molecule has 0 radical (unpaired) electrons. The molecule has 0 bridgehead atoms. The number of halogens is 1. The molecule has 0 unspecified atom stereocenters. The van der Waals surface area contributed by atoms with E-state index >= 15 is 0 Å². The molecule has 0 fully saturated rings. The number of carbonyl (C=O) groups is 1. The largest absolute Gasteiger partial charge is 0.487 e. The molecule has 15 heavy (non-hydrogen) atoms. The van der Waals surface area contributed by atoms with Gasteiger partial charge in [0.25, 0.3) is 0 Å². The second-order valence-electron chi connectivity index (χ2n) is 3.35. The van der Waals surface area contributed by atoms with Crippen LogP contribution in [0.15, 0.2) is 18.2 Å². The molecule has 0 amide bonds. The molecule has 1 rings (SSSR count). The normalized spacial score (nSPS) is 10.2. The summed E-state index contributed by atoms with van der Waals surface area (Å²) in [4.78, 5) is 10.9. The van der Waals surface area contributed by atoms with E-state index in [4.69, 9.17) is 9.47 Å². The summed E-state index contributed by atoms with van der Waals surface area (Å²) in [5.74, 6) is 0.730. The highest BCUT2D eigenvalue weighted by Crippen LogP contribution is 2.29. The van der Waals surface area contributed by atoms with Crippen molar-refractivity contribution < 1.29 is 14.3 Å². The Hall–Kier alpha value is -0.780. The fourth-order valence-electron chi connectivity index (χ4n) is 1.07. The summed E-state index contributed by atoms with van der Waals surface area (Å²) in [5.41, 5.74) is 0. The first-order chi connectivity index (χ1) is 6.99. The summed E-state index contributed by atoms with van der Waals surface area (Å²) in [5, 5.41) is 0. The summed E-state index contributed by atoms with van der Waals surface area (Å²) in [7, 11) is 0. The molecular formula is C11H13IO3. The van der Waals surface area contributed by atoms with E-state index in [0.717, 1.165) is 3.57 Å². The second kappa shape index (κ2) is 5.34. The van der Waals surface area contributed by atoms with Gasteiger partial charge in [-0.15, -0.1) is 0 Å². The van der Waals surface area contributed by atoms with Crippen LogP contribution in [0.2, 0.25) is 0 Å². The van der Waals surface area contributed by atoms with E-state index in [1.54, 1.807) is 6.07 Å². The molecular weight excluding hydrogens is 307 g/mol. The van der Waals surface area contributed by atoms with E-state index in [2.05, 4.69) is 22.6 Å². The highest BCUT2D eigenvalue weighted by Gasteiger charge is 2.09. The van der Waals surface area contributed by atoms with Gasteiger partial charge in [-0.2, -0.15) is 0 Å². The maximum absolute atomic E-state index is 10.9. The molecule has 4 heteroatoms. The van der Waals surface area contributed by atoms with Crippen LogP contribution in [0.1, 0.15) is 20.8 Å². The lowest BCUT2D eigenvalue weighted by Crippen LogP contribution is -2.09. The van der Waals surface area contributed by atoms with Crippen molar-refractivity contribution in [2.45, 2.75) is 26.9 Å². The standard InChI is InChI=1S/C11H13IO3/c1-7(2)14-11-6-9(12)4-5-10(11)15-8(3)13/h4-7H,1-3H3. The number of carbonyl (C=O) groups excluding carboxylic acids is 1. The topological polar surface area (TPSA) is 35.5 Å². The van der Waals surface area contributed by atoms with Crippen molar-refractivity contribution >= 4 is 28.6 Å². The van der Waals surface area contributed by atoms with Crippen LogP contribution in [0.4, 0.5) is 0 Å². The highest BCUT2D eigenvalue weighted by molar-refractivity contribution is 14.1. The van der Waals surface area contributed by atoms with Crippen molar-refractivity contribution in [1.29, 1.82) is 0 Å². The zero-order valence-corrected chi connectivity index (χ0v) is 11.1. The SMILES string of the molecule is CC(=O)Oc1ccc(I)cc1OC(C)C. The number of rotatable bonds is 3. The van der Waals surface area contributed by atoms with Gasteiger partial charge in [-0.05, 0) is 54.6 Å². The summed E-state index contributed by atoms with van der Waals surface area (Å²) in [6, 6.07) is 5.45. The fraction of sp³-hybridized carbons (Fsp3) is 0.364. The Kier molecular flexibility index (Phi) is 4.38. The third-order valence-corrected chi connectivity index (χ3v) is 2.19. The Bertz CT molecular complexity index is 361.